The van der Waals surface area contributed by atoms with Gasteiger partial charge in [0.2, 0.25) is 0 Å². The minimum Gasteiger partial charge on any atom is -0.483 e. The predicted octanol–water partition coefficient (Wildman–Crippen LogP) is 0.0446. The molecule has 0 aliphatic carbocycles. The van der Waals surface area contributed by atoms with E-state index in [1.54, 1.807) is 0 Å². The summed E-state index contributed by atoms with van der Waals surface area (Å²) in [7, 11) is 0. The van der Waals surface area contributed by atoms with E-state index in [9.17, 15) is 0 Å². The Morgan fingerprint density at radius 2 is 2.08 bits per heavy atom. The van der Waals surface area contributed by atoms with E-state index in [4.69, 9.17) is 26.0 Å². The van der Waals surface area contributed by atoms with Crippen LogP contribution in [0.1, 0.15) is 0 Å². The van der Waals surface area contributed by atoms with Crippen LogP contribution in [0.2, 0.25) is 0 Å². The van der Waals surface area contributed by atoms with Gasteiger partial charge in [-0.15, -0.1) is 0 Å². The number of hydrogen-bond acceptors (Lipinski definition) is 6. The predicted molar refractivity (Wildman–Crippen MR) is 50.1 cm³/mol. The lowest BCUT2D eigenvalue weighted by atomic mass is 10.3. The zero-order valence-electron chi connectivity index (χ0n) is 6.82. The maximum Gasteiger partial charge on any atom is 0.198 e. The highest BCUT2D eigenvalue weighted by Gasteiger charge is 2.26. The molecule has 0 aromatic carbocycles. The van der Waals surface area contributed by atoms with Crippen molar-refractivity contribution < 1.29 is 14.6 Å². The zero-order valence-corrected chi connectivity index (χ0v) is 7.63. The molecule has 13 heavy (non-hydrogen) atoms. The SMILES string of the molecule is Nc1sc(N)c2c1OCC(CO)O2. The van der Waals surface area contributed by atoms with Crippen LogP contribution in [0.25, 0.3) is 0 Å². The van der Waals surface area contributed by atoms with Crippen molar-refractivity contribution in [3.63, 3.8) is 0 Å². The van der Waals surface area contributed by atoms with Gasteiger partial charge in [-0.2, -0.15) is 0 Å². The number of nitrogen functional groups attached to an aromatic ring is 2. The number of rotatable bonds is 1. The number of hydrogen-bond donors (Lipinski definition) is 3. The summed E-state index contributed by atoms with van der Waals surface area (Å²) in [6, 6.07) is 0. The van der Waals surface area contributed by atoms with E-state index in [0.717, 1.165) is 0 Å². The molecule has 1 aliphatic rings. The third-order valence-corrected chi connectivity index (χ3v) is 2.59. The number of aliphatic hydroxyl groups is 1. The molecule has 0 fully saturated rings. The van der Waals surface area contributed by atoms with Crippen molar-refractivity contribution in [1.29, 1.82) is 0 Å². The van der Waals surface area contributed by atoms with Crippen LogP contribution in [0.3, 0.4) is 0 Å². The van der Waals surface area contributed by atoms with Gasteiger partial charge in [0.15, 0.2) is 17.6 Å². The summed E-state index contributed by atoms with van der Waals surface area (Å²) in [5.41, 5.74) is 11.3. The molecule has 2 rings (SSSR count). The van der Waals surface area contributed by atoms with Crippen molar-refractivity contribution >= 4 is 21.3 Å². The van der Waals surface area contributed by atoms with Crippen LogP contribution in [0.4, 0.5) is 10.0 Å². The first-order valence-electron chi connectivity index (χ1n) is 3.80. The largest absolute Gasteiger partial charge is 0.483 e. The van der Waals surface area contributed by atoms with Gasteiger partial charge in [-0.1, -0.05) is 11.3 Å². The van der Waals surface area contributed by atoms with Crippen LogP contribution < -0.4 is 20.9 Å². The van der Waals surface area contributed by atoms with Gasteiger partial charge in [0.25, 0.3) is 0 Å². The Bertz CT molecular complexity index is 326. The zero-order chi connectivity index (χ0) is 9.42. The molecule has 2 heterocycles. The lowest BCUT2D eigenvalue weighted by Crippen LogP contribution is -2.32. The first-order valence-corrected chi connectivity index (χ1v) is 4.62. The Morgan fingerprint density at radius 1 is 1.38 bits per heavy atom. The second-order valence-corrected chi connectivity index (χ2v) is 3.81. The summed E-state index contributed by atoms with van der Waals surface area (Å²) in [6.45, 7) is 0.221. The molecule has 0 radical (unpaired) electrons. The smallest absolute Gasteiger partial charge is 0.198 e. The lowest BCUT2D eigenvalue weighted by molar-refractivity contribution is 0.0477. The summed E-state index contributed by atoms with van der Waals surface area (Å²) in [5, 5.41) is 9.85. The van der Waals surface area contributed by atoms with Crippen LogP contribution >= 0.6 is 11.3 Å². The highest BCUT2D eigenvalue weighted by atomic mass is 32.1. The molecule has 1 aliphatic heterocycles. The van der Waals surface area contributed by atoms with Crippen molar-refractivity contribution in [1.82, 2.24) is 0 Å². The van der Waals surface area contributed by atoms with Crippen LogP contribution in [-0.2, 0) is 0 Å². The third kappa shape index (κ3) is 1.27. The molecule has 1 atom stereocenters. The standard InChI is InChI=1S/C7H10N2O3S/c8-6-4-5(7(9)13-6)12-3(1-10)2-11-4/h3,10H,1-2,8-9H2. The van der Waals surface area contributed by atoms with Crippen molar-refractivity contribution in [2.45, 2.75) is 6.10 Å². The first kappa shape index (κ1) is 8.46. The molecule has 1 unspecified atom stereocenters. The Kier molecular flexibility index (Phi) is 1.93. The summed E-state index contributed by atoms with van der Waals surface area (Å²) < 4.78 is 10.7. The highest BCUT2D eigenvalue weighted by Crippen LogP contribution is 2.48. The molecular formula is C7H10N2O3S. The number of fused-ring (bicyclic) bond motifs is 1. The molecule has 0 spiro atoms. The summed E-state index contributed by atoms with van der Waals surface area (Å²) in [6.07, 6.45) is -0.344. The number of thiophene rings is 1. The topological polar surface area (TPSA) is 90.7 Å². The van der Waals surface area contributed by atoms with Crippen LogP contribution in [0.15, 0.2) is 0 Å². The van der Waals surface area contributed by atoms with Gasteiger partial charge in [0, 0.05) is 0 Å². The molecule has 1 aromatic heterocycles. The molecule has 5 nitrogen and oxygen atoms in total. The first-order chi connectivity index (χ1) is 6.22. The monoisotopic (exact) mass is 202 g/mol. The van der Waals surface area contributed by atoms with Crippen LogP contribution in [0, 0.1) is 0 Å². The van der Waals surface area contributed by atoms with Crippen molar-refractivity contribution in [3.05, 3.63) is 0 Å². The van der Waals surface area contributed by atoms with Crippen molar-refractivity contribution in [2.75, 3.05) is 24.7 Å². The van der Waals surface area contributed by atoms with Gasteiger partial charge in [-0.05, 0) is 0 Å². The number of nitrogens with two attached hydrogens (primary N) is 2. The van der Waals surface area contributed by atoms with Crippen LogP contribution in [0.5, 0.6) is 11.5 Å². The van der Waals surface area contributed by atoms with Gasteiger partial charge < -0.3 is 26.0 Å². The third-order valence-electron chi connectivity index (χ3n) is 1.78. The molecule has 0 amide bonds. The average molecular weight is 202 g/mol. The van der Waals surface area contributed by atoms with Crippen molar-refractivity contribution in [2.24, 2.45) is 0 Å². The summed E-state index contributed by atoms with van der Waals surface area (Å²) in [4.78, 5) is 0. The lowest BCUT2D eigenvalue weighted by Gasteiger charge is -2.23. The average Bonchev–Trinajstić information content (AvgIpc) is 2.42. The molecule has 0 saturated heterocycles. The highest BCUT2D eigenvalue weighted by molar-refractivity contribution is 7.20. The van der Waals surface area contributed by atoms with E-state index in [2.05, 4.69) is 0 Å². The molecule has 0 saturated carbocycles. The maximum absolute atomic E-state index is 8.84. The minimum absolute atomic E-state index is 0.0887. The number of ether oxygens (including phenoxy) is 2. The van der Waals surface area contributed by atoms with E-state index < -0.39 is 0 Å². The van der Waals surface area contributed by atoms with E-state index in [1.165, 1.54) is 11.3 Å². The Labute approximate surface area is 78.9 Å². The maximum atomic E-state index is 8.84. The fraction of sp³-hybridized carbons (Fsp3) is 0.429. The number of aliphatic hydroxyl groups excluding tert-OH is 1. The Hall–Kier alpha value is -1.14. The molecule has 0 bridgehead atoms. The quantitative estimate of drug-likeness (QED) is 0.598. The molecule has 1 aromatic rings. The summed E-state index contributed by atoms with van der Waals surface area (Å²) in [5.74, 6) is 0.972. The summed E-state index contributed by atoms with van der Waals surface area (Å²) >= 11 is 1.22. The fourth-order valence-electron chi connectivity index (χ4n) is 1.15. The van der Waals surface area contributed by atoms with Gasteiger partial charge in [0.05, 0.1) is 6.61 Å². The second-order valence-electron chi connectivity index (χ2n) is 2.72. The fourth-order valence-corrected chi connectivity index (χ4v) is 1.86. The van der Waals surface area contributed by atoms with Crippen molar-refractivity contribution in [3.8, 4) is 11.5 Å². The van der Waals surface area contributed by atoms with Gasteiger partial charge in [-0.25, -0.2) is 0 Å². The van der Waals surface area contributed by atoms with Gasteiger partial charge in [0.1, 0.15) is 16.6 Å². The Morgan fingerprint density at radius 3 is 2.77 bits per heavy atom. The van der Waals surface area contributed by atoms with Crippen LogP contribution in [-0.4, -0.2) is 24.4 Å². The molecule has 5 N–H and O–H groups in total. The van der Waals surface area contributed by atoms with Gasteiger partial charge >= 0.3 is 0 Å². The van der Waals surface area contributed by atoms with E-state index in [-0.39, 0.29) is 12.7 Å². The minimum atomic E-state index is -0.344. The molecule has 72 valence electrons. The Balaban J connectivity index is 2.33. The van der Waals surface area contributed by atoms with E-state index in [0.29, 0.717) is 28.1 Å². The van der Waals surface area contributed by atoms with E-state index >= 15 is 0 Å². The van der Waals surface area contributed by atoms with E-state index in [1.807, 2.05) is 0 Å². The normalized spacial score (nSPS) is 20.2. The molecular weight excluding hydrogens is 192 g/mol. The second kappa shape index (κ2) is 2.97. The number of anilines is 2. The van der Waals surface area contributed by atoms with Gasteiger partial charge in [-0.3, -0.25) is 0 Å². The molecule has 6 heteroatoms.